The van der Waals surface area contributed by atoms with Crippen molar-refractivity contribution in [1.29, 1.82) is 0 Å². The van der Waals surface area contributed by atoms with Crippen LogP contribution in [0.15, 0.2) is 64.4 Å². The Morgan fingerprint density at radius 3 is 2.86 bits per heavy atom. The fraction of sp³-hybridized carbons (Fsp3) is 0.150. The Bertz CT molecular complexity index is 1080. The number of halogens is 3. The lowest BCUT2D eigenvalue weighted by atomic mass is 10.0. The van der Waals surface area contributed by atoms with Crippen LogP contribution in [0.2, 0.25) is 5.02 Å². The topological polar surface area (TPSA) is 68.5 Å². The number of aromatic nitrogens is 2. The maximum Gasteiger partial charge on any atom is 0.269 e. The van der Waals surface area contributed by atoms with Crippen LogP contribution in [0.4, 0.5) is 10.2 Å². The van der Waals surface area contributed by atoms with Crippen LogP contribution in [0, 0.1) is 5.82 Å². The maximum absolute atomic E-state index is 13.0. The molecule has 2 heterocycles. The van der Waals surface area contributed by atoms with E-state index in [0.717, 1.165) is 15.6 Å². The van der Waals surface area contributed by atoms with Gasteiger partial charge in [0.05, 0.1) is 12.3 Å². The summed E-state index contributed by atoms with van der Waals surface area (Å²) < 4.78 is 15.5. The maximum atomic E-state index is 13.0. The van der Waals surface area contributed by atoms with Gasteiger partial charge in [0.2, 0.25) is 6.10 Å². The summed E-state index contributed by atoms with van der Waals surface area (Å²) in [5.74, 6) is -0.452. The second-order valence-corrected chi connectivity index (χ2v) is 7.81. The Balaban J connectivity index is 1.39. The summed E-state index contributed by atoms with van der Waals surface area (Å²) in [6, 6.07) is 13.7. The molecule has 1 unspecified atom stereocenters. The summed E-state index contributed by atoms with van der Waals surface area (Å²) in [7, 11) is 0. The van der Waals surface area contributed by atoms with E-state index in [-0.39, 0.29) is 17.5 Å². The minimum Gasteiger partial charge on any atom is -0.382 e. The van der Waals surface area contributed by atoms with Gasteiger partial charge in [0.25, 0.3) is 5.91 Å². The zero-order valence-corrected chi connectivity index (χ0v) is 17.3. The first kappa shape index (κ1) is 19.6. The first-order valence-corrected chi connectivity index (χ1v) is 9.92. The Kier molecular flexibility index (Phi) is 5.64. The normalized spacial score (nSPS) is 15.7. The molecule has 2 aromatic carbocycles. The number of nitrogens with one attached hydrogen (secondary N) is 1. The summed E-state index contributed by atoms with van der Waals surface area (Å²) in [5.41, 5.74) is 2.44. The van der Waals surface area contributed by atoms with Crippen molar-refractivity contribution in [2.45, 2.75) is 19.1 Å². The monoisotopic (exact) mass is 476 g/mol. The van der Waals surface area contributed by atoms with Crippen molar-refractivity contribution in [3.8, 4) is 0 Å². The van der Waals surface area contributed by atoms with Crippen molar-refractivity contribution >= 4 is 45.0 Å². The van der Waals surface area contributed by atoms with Crippen molar-refractivity contribution in [2.24, 2.45) is 5.16 Å². The number of carbonyl (C=O) groups is 1. The highest BCUT2D eigenvalue weighted by Gasteiger charge is 2.30. The van der Waals surface area contributed by atoms with Crippen molar-refractivity contribution in [3.63, 3.8) is 0 Å². The molecule has 1 N–H and O–H groups in total. The van der Waals surface area contributed by atoms with E-state index in [9.17, 15) is 9.18 Å². The lowest BCUT2D eigenvalue weighted by Crippen LogP contribution is -2.28. The second-order valence-electron chi connectivity index (χ2n) is 6.49. The molecule has 29 heavy (non-hydrogen) atoms. The van der Waals surface area contributed by atoms with E-state index in [1.165, 1.54) is 12.1 Å². The van der Waals surface area contributed by atoms with Crippen LogP contribution in [0.5, 0.6) is 0 Å². The molecule has 1 aliphatic heterocycles. The molecule has 4 rings (SSSR count). The Morgan fingerprint density at radius 1 is 1.31 bits per heavy atom. The predicted octanol–water partition coefficient (Wildman–Crippen LogP) is 4.62. The summed E-state index contributed by atoms with van der Waals surface area (Å²) in [6.07, 6.45) is 1.18. The summed E-state index contributed by atoms with van der Waals surface area (Å²) in [4.78, 5) is 17.8. The highest BCUT2D eigenvalue weighted by Crippen LogP contribution is 2.23. The lowest BCUT2D eigenvalue weighted by Gasteiger charge is -2.08. The molecular formula is C20H15BrClFN4O2. The molecule has 0 saturated carbocycles. The molecule has 9 heteroatoms. The predicted molar refractivity (Wildman–Crippen MR) is 112 cm³/mol. The number of benzene rings is 2. The van der Waals surface area contributed by atoms with E-state index >= 15 is 0 Å². The van der Waals surface area contributed by atoms with Crippen molar-refractivity contribution in [3.05, 3.63) is 81.2 Å². The van der Waals surface area contributed by atoms with Crippen molar-refractivity contribution in [2.75, 3.05) is 5.32 Å². The number of anilines is 1. The number of nitrogens with zero attached hydrogens (tertiary/aromatic N) is 3. The van der Waals surface area contributed by atoms with Crippen LogP contribution in [-0.2, 0) is 16.2 Å². The van der Waals surface area contributed by atoms with E-state index in [4.69, 9.17) is 16.4 Å². The molecule has 0 saturated heterocycles. The second kappa shape index (κ2) is 8.34. The third kappa shape index (κ3) is 4.65. The van der Waals surface area contributed by atoms with Gasteiger partial charge in [0, 0.05) is 22.7 Å². The Hall–Kier alpha value is -2.71. The first-order valence-electron chi connectivity index (χ1n) is 8.75. The van der Waals surface area contributed by atoms with Gasteiger partial charge in [-0.05, 0) is 29.8 Å². The van der Waals surface area contributed by atoms with Crippen LogP contribution in [0.1, 0.15) is 17.5 Å². The van der Waals surface area contributed by atoms with Crippen LogP contribution in [0.25, 0.3) is 0 Å². The van der Waals surface area contributed by atoms with Crippen molar-refractivity contribution in [1.82, 2.24) is 9.78 Å². The molecule has 1 aliphatic rings. The minimum absolute atomic E-state index is 0.235. The van der Waals surface area contributed by atoms with E-state index < -0.39 is 6.10 Å². The molecule has 0 fully saturated rings. The van der Waals surface area contributed by atoms with Gasteiger partial charge < -0.3 is 10.2 Å². The minimum atomic E-state index is -0.762. The fourth-order valence-electron chi connectivity index (χ4n) is 2.89. The molecule has 0 bridgehead atoms. The van der Waals surface area contributed by atoms with Gasteiger partial charge in [0.1, 0.15) is 10.8 Å². The Labute approximate surface area is 179 Å². The fourth-order valence-corrected chi connectivity index (χ4v) is 3.49. The lowest BCUT2D eigenvalue weighted by molar-refractivity contribution is -0.125. The van der Waals surface area contributed by atoms with Crippen LogP contribution in [-0.4, -0.2) is 27.5 Å². The summed E-state index contributed by atoms with van der Waals surface area (Å²) in [6.45, 7) is 0.395. The summed E-state index contributed by atoms with van der Waals surface area (Å²) in [5, 5.41) is 11.3. The molecule has 3 aromatic rings. The van der Waals surface area contributed by atoms with E-state index in [1.54, 1.807) is 23.0 Å². The third-order valence-corrected chi connectivity index (χ3v) is 5.11. The zero-order valence-electron chi connectivity index (χ0n) is 15.0. The van der Waals surface area contributed by atoms with Crippen LogP contribution in [0.3, 0.4) is 0 Å². The SMILES string of the molecule is O=C(Nc1nn(Cc2ccc(F)cc2)cc1Cl)C1CC(c2cccc(Br)c2)=NO1. The first-order chi connectivity index (χ1) is 14.0. The standard InChI is InChI=1S/C20H15BrClFN4O2/c21-14-3-1-2-13(8-14)17-9-18(29-26-17)20(28)24-19-16(22)11-27(25-19)10-12-4-6-15(23)7-5-12/h1-8,11,18H,9-10H2,(H,24,25,28). The third-order valence-electron chi connectivity index (χ3n) is 4.34. The molecule has 1 amide bonds. The van der Waals surface area contributed by atoms with Crippen molar-refractivity contribution < 1.29 is 14.0 Å². The van der Waals surface area contributed by atoms with Gasteiger partial charge in [0.15, 0.2) is 5.82 Å². The molecule has 1 atom stereocenters. The van der Waals surface area contributed by atoms with Crippen LogP contribution < -0.4 is 5.32 Å². The van der Waals surface area contributed by atoms with Gasteiger partial charge >= 0.3 is 0 Å². The molecule has 6 nitrogen and oxygen atoms in total. The van der Waals surface area contributed by atoms with Gasteiger partial charge in [-0.15, -0.1) is 0 Å². The molecule has 148 valence electrons. The van der Waals surface area contributed by atoms with E-state index in [0.29, 0.717) is 23.7 Å². The number of rotatable bonds is 5. The molecule has 1 aromatic heterocycles. The van der Waals surface area contributed by atoms with Gasteiger partial charge in [-0.3, -0.25) is 9.48 Å². The molecule has 0 aliphatic carbocycles. The summed E-state index contributed by atoms with van der Waals surface area (Å²) >= 11 is 9.61. The number of amides is 1. The molecule has 0 radical (unpaired) electrons. The molecular weight excluding hydrogens is 463 g/mol. The van der Waals surface area contributed by atoms with Gasteiger partial charge in [-0.25, -0.2) is 4.39 Å². The number of oxime groups is 1. The zero-order chi connectivity index (χ0) is 20.4. The van der Waals surface area contributed by atoms with Gasteiger partial charge in [-0.2, -0.15) is 5.10 Å². The molecule has 0 spiro atoms. The largest absolute Gasteiger partial charge is 0.382 e. The van der Waals surface area contributed by atoms with E-state index in [1.807, 2.05) is 24.3 Å². The number of carbonyl (C=O) groups excluding carboxylic acids is 1. The average Bonchev–Trinajstić information content (AvgIpc) is 3.31. The smallest absolute Gasteiger partial charge is 0.269 e. The quantitative estimate of drug-likeness (QED) is 0.583. The number of hydrogen-bond donors (Lipinski definition) is 1. The number of hydrogen-bond acceptors (Lipinski definition) is 4. The highest BCUT2D eigenvalue weighted by molar-refractivity contribution is 9.10. The van der Waals surface area contributed by atoms with Crippen LogP contribution >= 0.6 is 27.5 Å². The average molecular weight is 478 g/mol. The van der Waals surface area contributed by atoms with Gasteiger partial charge in [-0.1, -0.05) is 57.0 Å². The Morgan fingerprint density at radius 2 is 2.10 bits per heavy atom. The highest BCUT2D eigenvalue weighted by atomic mass is 79.9. The van der Waals surface area contributed by atoms with E-state index in [2.05, 4.69) is 31.5 Å².